The SMILES string of the molecule is Cn1cc(-c2ccnc(C#N)c2C#N)c(-c2ccc(F)cc2)n1.Cn1cc(-c2ccnc(C(=O)O)c2C(=O)O)c(-c2ccc(F)cc2)n1.Cn1cc(-c2ccnc3c2C(=O)OC3)c(-c2ccc(F)cc2)n1.Cn1cc(-c2ccnc3c2C(=O)OC3=O)c(-c2ccc(F)cc2)n1. The van der Waals surface area contributed by atoms with E-state index in [1.54, 1.807) is 122 Å². The van der Waals surface area contributed by atoms with Gasteiger partial charge in [0.2, 0.25) is 0 Å². The van der Waals surface area contributed by atoms with Crippen LogP contribution in [0, 0.1) is 45.9 Å². The van der Waals surface area contributed by atoms with Gasteiger partial charge in [0, 0.05) is 145 Å². The lowest BCUT2D eigenvalue weighted by molar-refractivity contribution is 0.0439. The number of benzene rings is 4. The molecule has 2 N–H and O–H groups in total. The number of nitriles is 2. The first-order valence-corrected chi connectivity index (χ1v) is 28.0. The monoisotopic (exact) mass is 1280 g/mol. The fourth-order valence-corrected chi connectivity index (χ4v) is 10.5. The highest BCUT2D eigenvalue weighted by atomic mass is 19.1. The second kappa shape index (κ2) is 26.6. The second-order valence-corrected chi connectivity index (χ2v) is 20.8. The number of halogens is 4. The Hall–Kier alpha value is -13.4. The molecule has 14 rings (SSSR count). The van der Waals surface area contributed by atoms with Crippen molar-refractivity contribution in [3.8, 4) is 102 Å². The Morgan fingerprint density at radius 2 is 0.811 bits per heavy atom. The van der Waals surface area contributed by atoms with E-state index in [4.69, 9.17) is 10.00 Å². The van der Waals surface area contributed by atoms with Crippen LogP contribution in [0.3, 0.4) is 0 Å². The molecule has 0 fully saturated rings. The van der Waals surface area contributed by atoms with Gasteiger partial charge in [0.15, 0.2) is 17.1 Å². The minimum Gasteiger partial charge on any atom is -0.478 e. The summed E-state index contributed by atoms with van der Waals surface area (Å²) in [5.74, 6) is -6.12. The topological polar surface area (TPSA) is 315 Å². The summed E-state index contributed by atoms with van der Waals surface area (Å²) in [6.45, 7) is 0.189. The number of nitrogens with zero attached hydrogens (tertiary/aromatic N) is 14. The highest BCUT2D eigenvalue weighted by Crippen LogP contribution is 2.40. The lowest BCUT2D eigenvalue weighted by Crippen LogP contribution is -2.12. The molecule has 0 aliphatic carbocycles. The molecule has 0 bridgehead atoms. The third-order valence-corrected chi connectivity index (χ3v) is 14.6. The molecule has 23 nitrogen and oxygen atoms in total. The molecule has 12 aromatic rings. The van der Waals surface area contributed by atoms with Gasteiger partial charge < -0.3 is 19.7 Å². The lowest BCUT2D eigenvalue weighted by Gasteiger charge is -2.08. The molecule has 2 aliphatic rings. The Labute approximate surface area is 534 Å². The third-order valence-electron chi connectivity index (χ3n) is 14.6. The van der Waals surface area contributed by atoms with Crippen molar-refractivity contribution in [3.63, 3.8) is 0 Å². The number of esters is 3. The van der Waals surface area contributed by atoms with E-state index >= 15 is 0 Å². The number of fused-ring (bicyclic) bond motifs is 2. The zero-order chi connectivity index (χ0) is 67.4. The molecule has 0 saturated carbocycles. The number of carbonyl (C=O) groups is 5. The number of carboxylic acids is 2. The first-order valence-electron chi connectivity index (χ1n) is 28.0. The Bertz CT molecular complexity index is 5130. The molecule has 2 aliphatic heterocycles. The Morgan fingerprint density at radius 3 is 1.23 bits per heavy atom. The molecular weight excluding hydrogens is 1230 g/mol. The van der Waals surface area contributed by atoms with Crippen LogP contribution in [0.2, 0.25) is 0 Å². The predicted molar refractivity (Wildman–Crippen MR) is 330 cm³/mol. The van der Waals surface area contributed by atoms with Gasteiger partial charge in [-0.2, -0.15) is 30.9 Å². The van der Waals surface area contributed by atoms with Crippen molar-refractivity contribution in [2.45, 2.75) is 6.61 Å². The fraction of sp³-hybridized carbons (Fsp3) is 0.0735. The summed E-state index contributed by atoms with van der Waals surface area (Å²) < 4.78 is 68.7. The summed E-state index contributed by atoms with van der Waals surface area (Å²) in [5, 5.41) is 54.7. The van der Waals surface area contributed by atoms with Crippen LogP contribution in [0.1, 0.15) is 69.0 Å². The maximum Gasteiger partial charge on any atom is 0.365 e. The van der Waals surface area contributed by atoms with Gasteiger partial charge in [0.05, 0.1) is 16.8 Å². The van der Waals surface area contributed by atoms with E-state index in [-0.39, 0.29) is 58.1 Å². The van der Waals surface area contributed by atoms with Gasteiger partial charge in [-0.25, -0.2) is 56.5 Å². The van der Waals surface area contributed by atoms with Gasteiger partial charge in [0.1, 0.15) is 75.9 Å². The van der Waals surface area contributed by atoms with Crippen LogP contribution in [-0.4, -0.2) is 99.1 Å². The Kier molecular flexibility index (Phi) is 17.7. The van der Waals surface area contributed by atoms with Crippen LogP contribution in [0.15, 0.2) is 171 Å². The quantitative estimate of drug-likeness (QED) is 0.0730. The van der Waals surface area contributed by atoms with Gasteiger partial charge in [-0.05, 0) is 121 Å². The molecule has 468 valence electrons. The van der Waals surface area contributed by atoms with Crippen LogP contribution >= 0.6 is 0 Å². The zero-order valence-electron chi connectivity index (χ0n) is 49.9. The third kappa shape index (κ3) is 13.0. The Morgan fingerprint density at radius 1 is 0.432 bits per heavy atom. The molecule has 10 heterocycles. The molecule has 0 unspecified atom stereocenters. The number of cyclic esters (lactones) is 3. The smallest absolute Gasteiger partial charge is 0.365 e. The lowest BCUT2D eigenvalue weighted by atomic mass is 9.97. The van der Waals surface area contributed by atoms with Crippen molar-refractivity contribution in [2.24, 2.45) is 28.2 Å². The van der Waals surface area contributed by atoms with Crippen LogP contribution in [0.4, 0.5) is 17.6 Å². The van der Waals surface area contributed by atoms with E-state index in [9.17, 15) is 57.0 Å². The minimum atomic E-state index is -1.44. The Balaban J connectivity index is 0.000000129. The molecule has 0 amide bonds. The number of aromatic nitrogens is 12. The molecule has 0 spiro atoms. The number of ether oxygens (including phenoxy) is 2. The summed E-state index contributed by atoms with van der Waals surface area (Å²) in [6.07, 6.45) is 12.7. The van der Waals surface area contributed by atoms with Gasteiger partial charge in [-0.3, -0.25) is 23.7 Å². The molecule has 0 atom stereocenters. The summed E-state index contributed by atoms with van der Waals surface area (Å²) in [4.78, 5) is 74.4. The number of aryl methyl sites for hydroxylation is 4. The molecular formula is C68H44F4N14O9. The van der Waals surface area contributed by atoms with Crippen LogP contribution in [0.25, 0.3) is 89.5 Å². The average Bonchev–Trinajstić information content (AvgIpc) is 1.66. The predicted octanol–water partition coefficient (Wildman–Crippen LogP) is 11.3. The molecule has 4 aromatic carbocycles. The number of aromatic carboxylic acids is 2. The first-order chi connectivity index (χ1) is 45.7. The molecule has 27 heteroatoms. The number of hydrogen-bond acceptors (Lipinski definition) is 17. The number of rotatable bonds is 10. The second-order valence-electron chi connectivity index (χ2n) is 20.8. The highest BCUT2D eigenvalue weighted by Gasteiger charge is 2.36. The van der Waals surface area contributed by atoms with Gasteiger partial charge in [-0.1, -0.05) is 0 Å². The molecule has 95 heavy (non-hydrogen) atoms. The van der Waals surface area contributed by atoms with E-state index in [0.29, 0.717) is 73.0 Å². The van der Waals surface area contributed by atoms with Gasteiger partial charge >= 0.3 is 29.8 Å². The van der Waals surface area contributed by atoms with Crippen molar-refractivity contribution >= 4 is 29.8 Å². The highest BCUT2D eigenvalue weighted by molar-refractivity contribution is 6.17. The maximum absolute atomic E-state index is 13.2. The average molecular weight is 1280 g/mol. The van der Waals surface area contributed by atoms with E-state index in [0.717, 1.165) is 22.3 Å². The van der Waals surface area contributed by atoms with Crippen molar-refractivity contribution < 1.29 is 61.2 Å². The van der Waals surface area contributed by atoms with Crippen molar-refractivity contribution in [1.82, 2.24) is 59.1 Å². The normalized spacial score (nSPS) is 11.7. The number of pyridine rings is 4. The summed E-state index contributed by atoms with van der Waals surface area (Å²) in [5.41, 5.74) is 10.0. The standard InChI is InChI=1S/C17H10FN5.C17H12FN3O4.C17H10FN3O3.C17H12FN3O2/c1-23-10-15(13-6-7-21-16(9-20)14(13)8-19)17(22-23)11-2-4-12(18)5-3-11;1-21-8-12(14(20-21)9-2-4-10(18)5-3-9)11-6-7-19-15(17(24)25)13(11)16(22)23;1-21-8-12(14(20-21)9-2-4-10(18)5-3-9)11-6-7-19-15-13(11)16(22)24-17(15)23;1-21-8-13(16(20-21)10-2-4-11(18)5-3-10)12-6-7-19-14-9-23-17(22)15(12)14/h2-7,10H,1H3;2-8H,1H3,(H,22,23)(H,24,25);2-8H,1H3;2-8H,9H2,1H3. The van der Waals surface area contributed by atoms with E-state index in [1.165, 1.54) is 90.0 Å². The van der Waals surface area contributed by atoms with Crippen LogP contribution < -0.4 is 0 Å². The maximum atomic E-state index is 13.2. The van der Waals surface area contributed by atoms with E-state index in [1.807, 2.05) is 18.3 Å². The van der Waals surface area contributed by atoms with Gasteiger partial charge in [0.25, 0.3) is 0 Å². The number of carboxylic acid groups (broad SMARTS) is 2. The number of hydrogen-bond donors (Lipinski definition) is 2. The van der Waals surface area contributed by atoms with Crippen LogP contribution in [0.5, 0.6) is 0 Å². The zero-order valence-corrected chi connectivity index (χ0v) is 49.9. The van der Waals surface area contributed by atoms with Gasteiger partial charge in [-0.15, -0.1) is 0 Å². The van der Waals surface area contributed by atoms with Crippen molar-refractivity contribution in [3.05, 3.63) is 239 Å². The summed E-state index contributed by atoms with van der Waals surface area (Å²) >= 11 is 0. The fourth-order valence-electron chi connectivity index (χ4n) is 10.5. The number of carbonyl (C=O) groups excluding carboxylic acids is 3. The summed E-state index contributed by atoms with van der Waals surface area (Å²) in [6, 6.07) is 33.9. The molecule has 0 saturated heterocycles. The van der Waals surface area contributed by atoms with E-state index < -0.39 is 41.0 Å². The largest absolute Gasteiger partial charge is 0.478 e. The van der Waals surface area contributed by atoms with E-state index in [2.05, 4.69) is 45.1 Å². The summed E-state index contributed by atoms with van der Waals surface area (Å²) in [7, 11) is 6.95. The van der Waals surface area contributed by atoms with Crippen molar-refractivity contribution in [2.75, 3.05) is 0 Å². The van der Waals surface area contributed by atoms with Crippen LogP contribution in [-0.2, 0) is 44.3 Å². The molecule has 0 radical (unpaired) electrons. The first kappa shape index (κ1) is 63.1. The minimum absolute atomic E-state index is 0.00795. The molecule has 8 aromatic heterocycles. The van der Waals surface area contributed by atoms with Crippen molar-refractivity contribution in [1.29, 1.82) is 10.5 Å².